The molecule has 0 atom stereocenters. The van der Waals surface area contributed by atoms with Crippen molar-refractivity contribution in [3.8, 4) is 0 Å². The van der Waals surface area contributed by atoms with Crippen molar-refractivity contribution in [3.05, 3.63) is 23.8 Å². The number of anilines is 2. The molecule has 1 rings (SSSR count). The number of hydrogen-bond donors (Lipinski definition) is 2. The summed E-state index contributed by atoms with van der Waals surface area (Å²) in [6, 6.07) is 5.75. The minimum absolute atomic E-state index is 0.272. The molecule has 0 bridgehead atoms. The molecule has 0 fully saturated rings. The van der Waals surface area contributed by atoms with E-state index in [1.165, 1.54) is 0 Å². The molecule has 0 unspecified atom stereocenters. The number of benzene rings is 1. The molecule has 0 spiro atoms. The van der Waals surface area contributed by atoms with Gasteiger partial charge in [0.25, 0.3) is 0 Å². The average molecular weight is 312 g/mol. The summed E-state index contributed by atoms with van der Waals surface area (Å²) in [4.78, 5) is 25.4. The van der Waals surface area contributed by atoms with Crippen LogP contribution in [0.25, 0.3) is 0 Å². The van der Waals surface area contributed by atoms with Crippen LogP contribution in [-0.4, -0.2) is 37.3 Å². The minimum Gasteiger partial charge on any atom is -0.372 e. The van der Waals surface area contributed by atoms with Crippen LogP contribution in [0, 0.1) is 6.92 Å². The summed E-state index contributed by atoms with van der Waals surface area (Å²) in [7, 11) is 0. The van der Waals surface area contributed by atoms with Crippen molar-refractivity contribution < 1.29 is 9.59 Å². The lowest BCUT2D eigenvalue weighted by atomic mass is 10.1. The first-order chi connectivity index (χ1) is 10.0. The molecular weight excluding hydrogens is 290 g/mol. The number of rotatable bonds is 6. The molecule has 5 nitrogen and oxygen atoms in total. The SMILES string of the molecule is CCN(CC)c1ccc(NC(=O)C(=O)NCCCl)c(C)c1. The van der Waals surface area contributed by atoms with E-state index in [0.717, 1.165) is 24.3 Å². The molecule has 1 aromatic rings. The molecule has 21 heavy (non-hydrogen) atoms. The molecule has 0 saturated heterocycles. The Bertz CT molecular complexity index is 502. The van der Waals surface area contributed by atoms with Crippen LogP contribution in [0.3, 0.4) is 0 Å². The molecule has 0 aliphatic rings. The fourth-order valence-corrected chi connectivity index (χ4v) is 2.09. The highest BCUT2D eigenvalue weighted by molar-refractivity contribution is 6.39. The molecule has 0 aromatic heterocycles. The van der Waals surface area contributed by atoms with Gasteiger partial charge in [-0.1, -0.05) is 0 Å². The number of nitrogens with one attached hydrogen (secondary N) is 2. The Morgan fingerprint density at radius 2 is 1.86 bits per heavy atom. The van der Waals surface area contributed by atoms with Gasteiger partial charge in [-0.25, -0.2) is 0 Å². The molecular formula is C15H22ClN3O2. The predicted molar refractivity (Wildman–Crippen MR) is 87.1 cm³/mol. The van der Waals surface area contributed by atoms with Crippen LogP contribution < -0.4 is 15.5 Å². The summed E-state index contributed by atoms with van der Waals surface area (Å²) in [6.45, 7) is 8.20. The van der Waals surface area contributed by atoms with Gasteiger partial charge in [-0.05, 0) is 44.5 Å². The van der Waals surface area contributed by atoms with Crippen LogP contribution in [0.1, 0.15) is 19.4 Å². The monoisotopic (exact) mass is 311 g/mol. The number of alkyl halides is 1. The second kappa shape index (κ2) is 8.52. The van der Waals surface area contributed by atoms with Gasteiger partial charge >= 0.3 is 11.8 Å². The largest absolute Gasteiger partial charge is 0.372 e. The summed E-state index contributed by atoms with van der Waals surface area (Å²) in [6.07, 6.45) is 0. The second-order valence-corrected chi connectivity index (χ2v) is 4.95. The number of nitrogens with zero attached hydrogens (tertiary/aromatic N) is 1. The van der Waals surface area contributed by atoms with Crippen molar-refractivity contribution in [2.75, 3.05) is 35.7 Å². The van der Waals surface area contributed by atoms with Gasteiger partial charge in [-0.2, -0.15) is 0 Å². The van der Waals surface area contributed by atoms with Gasteiger partial charge in [-0.3, -0.25) is 9.59 Å². The lowest BCUT2D eigenvalue weighted by molar-refractivity contribution is -0.136. The summed E-state index contributed by atoms with van der Waals surface area (Å²) in [5.74, 6) is -1.09. The van der Waals surface area contributed by atoms with Crippen LogP contribution >= 0.6 is 11.6 Å². The third-order valence-electron chi connectivity index (χ3n) is 3.17. The van der Waals surface area contributed by atoms with E-state index < -0.39 is 11.8 Å². The Balaban J connectivity index is 2.77. The van der Waals surface area contributed by atoms with Gasteiger partial charge in [-0.15, -0.1) is 11.6 Å². The van der Waals surface area contributed by atoms with E-state index >= 15 is 0 Å². The molecule has 6 heteroatoms. The lowest BCUT2D eigenvalue weighted by Crippen LogP contribution is -2.36. The number of carbonyl (C=O) groups is 2. The molecule has 0 aliphatic carbocycles. The minimum atomic E-state index is -0.682. The van der Waals surface area contributed by atoms with E-state index in [1.54, 1.807) is 0 Å². The van der Waals surface area contributed by atoms with Crippen LogP contribution in [0.4, 0.5) is 11.4 Å². The fourth-order valence-electron chi connectivity index (χ4n) is 1.99. The molecule has 116 valence electrons. The van der Waals surface area contributed by atoms with Crippen molar-refractivity contribution in [2.45, 2.75) is 20.8 Å². The average Bonchev–Trinajstić information content (AvgIpc) is 2.48. The quantitative estimate of drug-likeness (QED) is 0.625. The third-order valence-corrected chi connectivity index (χ3v) is 3.36. The fraction of sp³-hybridized carbons (Fsp3) is 0.467. The molecule has 0 heterocycles. The van der Waals surface area contributed by atoms with Crippen molar-refractivity contribution in [1.82, 2.24) is 5.32 Å². The molecule has 0 radical (unpaired) electrons. The first-order valence-corrected chi connectivity index (χ1v) is 7.57. The van der Waals surface area contributed by atoms with Crippen molar-refractivity contribution >= 4 is 34.8 Å². The molecule has 0 aliphatic heterocycles. The Labute approximate surface area is 130 Å². The smallest absolute Gasteiger partial charge is 0.313 e. The van der Waals surface area contributed by atoms with Crippen molar-refractivity contribution in [1.29, 1.82) is 0 Å². The van der Waals surface area contributed by atoms with Gasteiger partial charge in [0.2, 0.25) is 0 Å². The summed E-state index contributed by atoms with van der Waals surface area (Å²) >= 11 is 5.46. The van der Waals surface area contributed by atoms with E-state index in [4.69, 9.17) is 11.6 Å². The van der Waals surface area contributed by atoms with E-state index in [9.17, 15) is 9.59 Å². The first kappa shape index (κ1) is 17.3. The Hall–Kier alpha value is -1.75. The van der Waals surface area contributed by atoms with Crippen LogP contribution in [0.15, 0.2) is 18.2 Å². The third kappa shape index (κ3) is 4.93. The zero-order chi connectivity index (χ0) is 15.8. The zero-order valence-electron chi connectivity index (χ0n) is 12.7. The van der Waals surface area contributed by atoms with Gasteiger partial charge in [0.1, 0.15) is 0 Å². The highest BCUT2D eigenvalue weighted by Gasteiger charge is 2.14. The molecule has 0 saturated carbocycles. The van der Waals surface area contributed by atoms with E-state index in [1.807, 2.05) is 25.1 Å². The number of hydrogen-bond acceptors (Lipinski definition) is 3. The van der Waals surface area contributed by atoms with E-state index in [0.29, 0.717) is 5.69 Å². The first-order valence-electron chi connectivity index (χ1n) is 7.04. The maximum Gasteiger partial charge on any atom is 0.313 e. The number of amides is 2. The van der Waals surface area contributed by atoms with E-state index in [2.05, 4.69) is 29.4 Å². The Kier molecular flexibility index (Phi) is 7.02. The highest BCUT2D eigenvalue weighted by Crippen LogP contribution is 2.22. The van der Waals surface area contributed by atoms with Crippen LogP contribution in [0.5, 0.6) is 0 Å². The topological polar surface area (TPSA) is 61.4 Å². The maximum atomic E-state index is 11.7. The standard InChI is InChI=1S/C15H22ClN3O2/c1-4-19(5-2)12-6-7-13(11(3)10-12)18-15(21)14(20)17-9-8-16/h6-7,10H,4-5,8-9H2,1-3H3,(H,17,20)(H,18,21). The van der Waals surface area contributed by atoms with Gasteiger partial charge in [0.05, 0.1) is 0 Å². The maximum absolute atomic E-state index is 11.7. The number of carbonyl (C=O) groups excluding carboxylic acids is 2. The van der Waals surface area contributed by atoms with Gasteiger partial charge in [0, 0.05) is 36.9 Å². The van der Waals surface area contributed by atoms with Gasteiger partial charge in [0.15, 0.2) is 0 Å². The van der Waals surface area contributed by atoms with Gasteiger partial charge < -0.3 is 15.5 Å². The second-order valence-electron chi connectivity index (χ2n) is 4.57. The molecule has 2 amide bonds. The van der Waals surface area contributed by atoms with Crippen LogP contribution in [0.2, 0.25) is 0 Å². The normalized spacial score (nSPS) is 10.1. The van der Waals surface area contributed by atoms with Crippen LogP contribution in [-0.2, 0) is 9.59 Å². The van der Waals surface area contributed by atoms with Crippen molar-refractivity contribution in [2.24, 2.45) is 0 Å². The lowest BCUT2D eigenvalue weighted by Gasteiger charge is -2.22. The summed E-state index contributed by atoms with van der Waals surface area (Å²) in [5.41, 5.74) is 2.65. The summed E-state index contributed by atoms with van der Waals surface area (Å²) < 4.78 is 0. The summed E-state index contributed by atoms with van der Waals surface area (Å²) in [5, 5.41) is 5.04. The number of aryl methyl sites for hydroxylation is 1. The molecule has 1 aromatic carbocycles. The van der Waals surface area contributed by atoms with Crippen molar-refractivity contribution in [3.63, 3.8) is 0 Å². The predicted octanol–water partition coefficient (Wildman–Crippen LogP) is 2.13. The Morgan fingerprint density at radius 3 is 2.38 bits per heavy atom. The number of halogens is 1. The highest BCUT2D eigenvalue weighted by atomic mass is 35.5. The van der Waals surface area contributed by atoms with E-state index in [-0.39, 0.29) is 12.4 Å². The molecule has 2 N–H and O–H groups in total. The zero-order valence-corrected chi connectivity index (χ0v) is 13.5. The Morgan fingerprint density at radius 1 is 1.19 bits per heavy atom.